The van der Waals surface area contributed by atoms with E-state index in [1.807, 2.05) is 11.6 Å². The molecule has 23 heavy (non-hydrogen) atoms. The third-order valence-corrected chi connectivity index (χ3v) is 4.47. The van der Waals surface area contributed by atoms with E-state index < -0.39 is 5.97 Å². The summed E-state index contributed by atoms with van der Waals surface area (Å²) in [5.41, 5.74) is 3.15. The van der Waals surface area contributed by atoms with Gasteiger partial charge in [0.05, 0.1) is 11.0 Å². The van der Waals surface area contributed by atoms with Gasteiger partial charge in [0.1, 0.15) is 5.82 Å². The monoisotopic (exact) mass is 449 g/mol. The van der Waals surface area contributed by atoms with Crippen molar-refractivity contribution in [2.24, 2.45) is 7.05 Å². The number of aryl methyl sites for hydroxylation is 2. The molecule has 5 nitrogen and oxygen atoms in total. The summed E-state index contributed by atoms with van der Waals surface area (Å²) in [6.07, 6.45) is 1.45. The van der Waals surface area contributed by atoms with Crippen molar-refractivity contribution in [1.82, 2.24) is 9.55 Å². The molecule has 1 heterocycles. The van der Waals surface area contributed by atoms with Crippen molar-refractivity contribution in [3.63, 3.8) is 0 Å². The normalized spacial score (nSPS) is 11.1. The average molecular weight is 450 g/mol. The standard InChI is InChI=1S/C16H21ClIN3O2/c1-20-14-6-5-12(21(9-7-17)10-8-18)11-13(14)19-15(20)3-2-4-16(22)23/h5-6,11H,2-4,7-10H2,1H3,(H,22,23). The summed E-state index contributed by atoms with van der Waals surface area (Å²) in [7, 11) is 1.98. The van der Waals surface area contributed by atoms with Crippen molar-refractivity contribution in [1.29, 1.82) is 0 Å². The van der Waals surface area contributed by atoms with Crippen LogP contribution in [0, 0.1) is 0 Å². The number of fused-ring (bicyclic) bond motifs is 1. The number of carbonyl (C=O) groups is 1. The van der Waals surface area contributed by atoms with Crippen LogP contribution in [0.15, 0.2) is 18.2 Å². The van der Waals surface area contributed by atoms with E-state index in [2.05, 4.69) is 50.7 Å². The van der Waals surface area contributed by atoms with Crippen LogP contribution < -0.4 is 4.90 Å². The molecule has 2 rings (SSSR count). The van der Waals surface area contributed by atoms with Gasteiger partial charge in [-0.15, -0.1) is 11.6 Å². The third kappa shape index (κ3) is 4.73. The molecule has 126 valence electrons. The molecule has 1 aromatic carbocycles. The largest absolute Gasteiger partial charge is 0.481 e. The van der Waals surface area contributed by atoms with E-state index in [9.17, 15) is 4.79 Å². The maximum absolute atomic E-state index is 10.6. The second-order valence-electron chi connectivity index (χ2n) is 5.37. The summed E-state index contributed by atoms with van der Waals surface area (Å²) in [4.78, 5) is 17.6. The molecule has 0 bridgehead atoms. The molecule has 0 fully saturated rings. The molecule has 1 aromatic heterocycles. The van der Waals surface area contributed by atoms with Crippen LogP contribution in [0.2, 0.25) is 0 Å². The summed E-state index contributed by atoms with van der Waals surface area (Å²) in [5.74, 6) is 0.759. The zero-order valence-corrected chi connectivity index (χ0v) is 16.0. The van der Waals surface area contributed by atoms with Crippen LogP contribution in [0.4, 0.5) is 5.69 Å². The Morgan fingerprint density at radius 1 is 1.43 bits per heavy atom. The summed E-state index contributed by atoms with van der Waals surface area (Å²) < 4.78 is 3.08. The van der Waals surface area contributed by atoms with E-state index in [1.54, 1.807) is 0 Å². The van der Waals surface area contributed by atoms with Gasteiger partial charge in [-0.1, -0.05) is 22.6 Å². The molecular formula is C16H21ClIN3O2. The first kappa shape index (κ1) is 18.3. The molecule has 0 saturated heterocycles. The van der Waals surface area contributed by atoms with E-state index in [0.717, 1.165) is 40.1 Å². The molecule has 0 aliphatic carbocycles. The predicted octanol–water partition coefficient (Wildman–Crippen LogP) is 3.46. The lowest BCUT2D eigenvalue weighted by molar-refractivity contribution is -0.137. The minimum absolute atomic E-state index is 0.174. The third-order valence-electron chi connectivity index (χ3n) is 3.82. The lowest BCUT2D eigenvalue weighted by Crippen LogP contribution is -2.27. The quantitative estimate of drug-likeness (QED) is 0.470. The number of benzene rings is 1. The fraction of sp³-hybridized carbons (Fsp3) is 0.500. The van der Waals surface area contributed by atoms with Gasteiger partial charge < -0.3 is 14.6 Å². The van der Waals surface area contributed by atoms with Crippen LogP contribution in [0.25, 0.3) is 11.0 Å². The molecule has 0 aliphatic heterocycles. The molecule has 7 heteroatoms. The maximum atomic E-state index is 10.6. The zero-order chi connectivity index (χ0) is 16.8. The number of halogens is 2. The van der Waals surface area contributed by atoms with Gasteiger partial charge in [0, 0.05) is 49.0 Å². The fourth-order valence-electron chi connectivity index (χ4n) is 2.63. The van der Waals surface area contributed by atoms with Crippen molar-refractivity contribution in [2.75, 3.05) is 28.3 Å². The number of aliphatic carboxylic acids is 1. The van der Waals surface area contributed by atoms with Crippen molar-refractivity contribution >= 4 is 56.9 Å². The Morgan fingerprint density at radius 3 is 2.87 bits per heavy atom. The van der Waals surface area contributed by atoms with Crippen LogP contribution in [0.5, 0.6) is 0 Å². The van der Waals surface area contributed by atoms with Gasteiger partial charge in [0.25, 0.3) is 0 Å². The van der Waals surface area contributed by atoms with Crippen LogP contribution >= 0.6 is 34.2 Å². The molecule has 0 saturated carbocycles. The molecule has 2 aromatic rings. The van der Waals surface area contributed by atoms with E-state index >= 15 is 0 Å². The SMILES string of the molecule is Cn1c(CCCC(=O)O)nc2cc(N(CCCl)CCI)ccc21. The van der Waals surface area contributed by atoms with Gasteiger partial charge in [-0.25, -0.2) is 4.98 Å². The Hall–Kier alpha value is -1.02. The summed E-state index contributed by atoms with van der Waals surface area (Å²) in [6.45, 7) is 1.77. The van der Waals surface area contributed by atoms with Crippen molar-refractivity contribution < 1.29 is 9.90 Å². The smallest absolute Gasteiger partial charge is 0.303 e. The molecular weight excluding hydrogens is 429 g/mol. The second kappa shape index (κ2) is 8.73. The Balaban J connectivity index is 2.23. The van der Waals surface area contributed by atoms with Gasteiger partial charge in [-0.3, -0.25) is 4.79 Å². The number of nitrogens with zero attached hydrogens (tertiary/aromatic N) is 3. The second-order valence-corrected chi connectivity index (χ2v) is 6.83. The molecule has 0 aliphatic rings. The van der Waals surface area contributed by atoms with Crippen molar-refractivity contribution in [3.05, 3.63) is 24.0 Å². The number of carboxylic acids is 1. The zero-order valence-electron chi connectivity index (χ0n) is 13.1. The number of anilines is 1. The van der Waals surface area contributed by atoms with Crippen molar-refractivity contribution in [2.45, 2.75) is 19.3 Å². The molecule has 1 N–H and O–H groups in total. The van der Waals surface area contributed by atoms with Crippen molar-refractivity contribution in [3.8, 4) is 0 Å². The number of hydrogen-bond donors (Lipinski definition) is 1. The number of rotatable bonds is 9. The highest BCUT2D eigenvalue weighted by Crippen LogP contribution is 2.23. The van der Waals surface area contributed by atoms with Gasteiger partial charge in [-0.2, -0.15) is 0 Å². The topological polar surface area (TPSA) is 58.4 Å². The Kier molecular flexibility index (Phi) is 6.95. The number of imidazole rings is 1. The summed E-state index contributed by atoms with van der Waals surface area (Å²) in [5, 5.41) is 8.75. The summed E-state index contributed by atoms with van der Waals surface area (Å²) >= 11 is 8.26. The number of carboxylic acid groups (broad SMARTS) is 1. The van der Waals surface area contributed by atoms with Crippen LogP contribution in [0.3, 0.4) is 0 Å². The minimum atomic E-state index is -0.762. The Labute approximate surface area is 154 Å². The minimum Gasteiger partial charge on any atom is -0.481 e. The highest BCUT2D eigenvalue weighted by Gasteiger charge is 2.11. The van der Waals surface area contributed by atoms with E-state index in [1.165, 1.54) is 0 Å². The van der Waals surface area contributed by atoms with Gasteiger partial charge in [-0.05, 0) is 24.6 Å². The predicted molar refractivity (Wildman–Crippen MR) is 103 cm³/mol. The molecule has 0 spiro atoms. The average Bonchev–Trinajstić information content (AvgIpc) is 2.83. The molecule has 0 atom stereocenters. The number of alkyl halides is 2. The van der Waals surface area contributed by atoms with Gasteiger partial charge in [0.2, 0.25) is 0 Å². The van der Waals surface area contributed by atoms with Crippen LogP contribution in [0.1, 0.15) is 18.7 Å². The fourth-order valence-corrected chi connectivity index (χ4v) is 3.42. The maximum Gasteiger partial charge on any atom is 0.303 e. The molecule has 0 radical (unpaired) electrons. The molecule has 0 unspecified atom stereocenters. The highest BCUT2D eigenvalue weighted by atomic mass is 127. The van der Waals surface area contributed by atoms with Crippen LogP contribution in [-0.4, -0.2) is 44.0 Å². The highest BCUT2D eigenvalue weighted by molar-refractivity contribution is 14.1. The lowest BCUT2D eigenvalue weighted by Gasteiger charge is -2.22. The first-order valence-electron chi connectivity index (χ1n) is 7.61. The van der Waals surface area contributed by atoms with Crippen LogP contribution in [-0.2, 0) is 18.3 Å². The first-order valence-corrected chi connectivity index (χ1v) is 9.67. The molecule has 0 amide bonds. The first-order chi connectivity index (χ1) is 11.1. The van der Waals surface area contributed by atoms with Gasteiger partial charge in [0.15, 0.2) is 0 Å². The van der Waals surface area contributed by atoms with E-state index in [0.29, 0.717) is 18.7 Å². The Bertz CT molecular complexity index is 669. The Morgan fingerprint density at radius 2 is 2.22 bits per heavy atom. The number of hydrogen-bond acceptors (Lipinski definition) is 3. The number of aromatic nitrogens is 2. The van der Waals surface area contributed by atoms with E-state index in [4.69, 9.17) is 16.7 Å². The lowest BCUT2D eigenvalue weighted by atomic mass is 10.2. The van der Waals surface area contributed by atoms with E-state index in [-0.39, 0.29) is 6.42 Å². The van der Waals surface area contributed by atoms with Gasteiger partial charge >= 0.3 is 5.97 Å². The summed E-state index contributed by atoms with van der Waals surface area (Å²) in [6, 6.07) is 6.27.